The van der Waals surface area contributed by atoms with Crippen LogP contribution in [0, 0.1) is 0 Å². The highest BCUT2D eigenvalue weighted by molar-refractivity contribution is 6.24. The van der Waals surface area contributed by atoms with Crippen molar-refractivity contribution in [1.29, 1.82) is 0 Å². The molecule has 7 nitrogen and oxygen atoms in total. The Morgan fingerprint density at radius 1 is 1.06 bits per heavy atom. The van der Waals surface area contributed by atoms with E-state index in [1.807, 2.05) is 36.5 Å². The Morgan fingerprint density at radius 3 is 3.00 bits per heavy atom. The van der Waals surface area contributed by atoms with E-state index in [1.165, 1.54) is 5.69 Å². The number of ketones is 1. The Hall–Kier alpha value is -3.71. The van der Waals surface area contributed by atoms with Gasteiger partial charge in [-0.2, -0.15) is 0 Å². The van der Waals surface area contributed by atoms with Gasteiger partial charge in [-0.3, -0.25) is 4.79 Å². The summed E-state index contributed by atoms with van der Waals surface area (Å²) in [6.45, 7) is 4.08. The molecule has 1 fully saturated rings. The molecule has 1 saturated heterocycles. The number of H-pyrrole nitrogens is 2. The zero-order valence-corrected chi connectivity index (χ0v) is 17.7. The molecular weight excluding hydrogens is 400 g/mol. The number of allylic oxidation sites excluding steroid dienone is 4. The number of Topliss-reactive ketones (excluding diaryl/α,β-unsaturated/α-hetero) is 1. The summed E-state index contributed by atoms with van der Waals surface area (Å²) in [5.74, 6) is 0.704. The van der Waals surface area contributed by atoms with Crippen LogP contribution in [0.15, 0.2) is 54.9 Å². The summed E-state index contributed by atoms with van der Waals surface area (Å²) in [6, 6.07) is 10.3. The van der Waals surface area contributed by atoms with Crippen LogP contribution in [0.5, 0.6) is 0 Å². The predicted octanol–water partition coefficient (Wildman–Crippen LogP) is 3.68. The molecule has 6 rings (SSSR count). The smallest absolute Gasteiger partial charge is 0.170 e. The van der Waals surface area contributed by atoms with E-state index in [0.717, 1.165) is 65.8 Å². The molecule has 0 unspecified atom stereocenters. The fourth-order valence-electron chi connectivity index (χ4n) is 4.63. The number of nitrogens with zero attached hydrogens (tertiary/aromatic N) is 3. The molecule has 3 N–H and O–H groups in total. The Morgan fingerprint density at radius 2 is 2.03 bits per heavy atom. The van der Waals surface area contributed by atoms with Gasteiger partial charge in [0.05, 0.1) is 16.6 Å². The molecule has 4 aromatic rings. The summed E-state index contributed by atoms with van der Waals surface area (Å²) in [7, 11) is 0. The molecule has 0 bridgehead atoms. The highest BCUT2D eigenvalue weighted by Crippen LogP contribution is 2.32. The number of carbonyl (C=O) groups is 1. The van der Waals surface area contributed by atoms with E-state index in [9.17, 15) is 4.79 Å². The Balaban J connectivity index is 1.37. The van der Waals surface area contributed by atoms with Crippen molar-refractivity contribution in [3.05, 3.63) is 66.3 Å². The highest BCUT2D eigenvalue weighted by Gasteiger charge is 2.21. The lowest BCUT2D eigenvalue weighted by atomic mass is 9.92. The van der Waals surface area contributed by atoms with E-state index in [-0.39, 0.29) is 5.78 Å². The first kappa shape index (κ1) is 19.0. The number of hydrogen-bond donors (Lipinski definition) is 3. The molecule has 3 aromatic heterocycles. The normalized spacial score (nSPS) is 17.5. The fourth-order valence-corrected chi connectivity index (χ4v) is 4.63. The van der Waals surface area contributed by atoms with E-state index in [1.54, 1.807) is 6.20 Å². The monoisotopic (exact) mass is 424 g/mol. The van der Waals surface area contributed by atoms with E-state index in [0.29, 0.717) is 17.8 Å². The van der Waals surface area contributed by atoms with Crippen LogP contribution in [0.25, 0.3) is 33.2 Å². The van der Waals surface area contributed by atoms with Crippen LogP contribution in [0.4, 0.5) is 5.69 Å². The first-order chi connectivity index (χ1) is 15.8. The average Bonchev–Trinajstić information content (AvgIpc) is 3.38. The molecule has 0 saturated carbocycles. The maximum absolute atomic E-state index is 12.8. The average molecular weight is 425 g/mol. The van der Waals surface area contributed by atoms with Crippen molar-refractivity contribution in [2.75, 3.05) is 31.1 Å². The third-order valence-electron chi connectivity index (χ3n) is 6.30. The van der Waals surface area contributed by atoms with Crippen LogP contribution in [0.2, 0.25) is 0 Å². The van der Waals surface area contributed by atoms with Gasteiger partial charge in [0.15, 0.2) is 5.78 Å². The number of nitrogens with one attached hydrogen (secondary N) is 3. The number of benzene rings is 1. The minimum atomic E-state index is 0.0750. The van der Waals surface area contributed by atoms with Gasteiger partial charge in [-0.05, 0) is 60.5 Å². The molecule has 7 heteroatoms. The summed E-state index contributed by atoms with van der Waals surface area (Å²) >= 11 is 0. The first-order valence-electron chi connectivity index (χ1n) is 11.1. The molecule has 1 aliphatic carbocycles. The molecule has 4 heterocycles. The summed E-state index contributed by atoms with van der Waals surface area (Å²) in [6.07, 6.45) is 9.11. The van der Waals surface area contributed by atoms with Gasteiger partial charge >= 0.3 is 0 Å². The second kappa shape index (κ2) is 7.76. The fraction of sp³-hybridized carbons (Fsp3) is 0.240. The molecule has 32 heavy (non-hydrogen) atoms. The molecule has 1 aliphatic heterocycles. The number of aromatic nitrogens is 4. The van der Waals surface area contributed by atoms with Crippen molar-refractivity contribution < 1.29 is 4.79 Å². The van der Waals surface area contributed by atoms with Crippen molar-refractivity contribution in [3.8, 4) is 0 Å². The highest BCUT2D eigenvalue weighted by atomic mass is 16.1. The Bertz CT molecular complexity index is 1380. The topological polar surface area (TPSA) is 89.7 Å². The minimum Gasteiger partial charge on any atom is -0.370 e. The molecule has 0 atom stereocenters. The lowest BCUT2D eigenvalue weighted by molar-refractivity contribution is -0.113. The van der Waals surface area contributed by atoms with Gasteiger partial charge in [0.1, 0.15) is 11.5 Å². The second-order valence-corrected chi connectivity index (χ2v) is 8.32. The number of hydrogen-bond acceptors (Lipinski definition) is 5. The van der Waals surface area contributed by atoms with Gasteiger partial charge in [-0.25, -0.2) is 9.97 Å². The summed E-state index contributed by atoms with van der Waals surface area (Å²) in [5, 5.41) is 4.49. The third kappa shape index (κ3) is 3.31. The van der Waals surface area contributed by atoms with Crippen LogP contribution in [-0.4, -0.2) is 51.9 Å². The van der Waals surface area contributed by atoms with Gasteiger partial charge in [0.2, 0.25) is 0 Å². The van der Waals surface area contributed by atoms with E-state index >= 15 is 0 Å². The number of aromatic amines is 2. The van der Waals surface area contributed by atoms with E-state index in [4.69, 9.17) is 4.98 Å². The predicted molar refractivity (Wildman–Crippen MR) is 127 cm³/mol. The van der Waals surface area contributed by atoms with Crippen molar-refractivity contribution >= 4 is 44.7 Å². The summed E-state index contributed by atoms with van der Waals surface area (Å²) in [5.41, 5.74) is 6.57. The molecule has 1 aromatic carbocycles. The molecule has 0 spiro atoms. The van der Waals surface area contributed by atoms with Crippen LogP contribution in [0.3, 0.4) is 0 Å². The molecule has 160 valence electrons. The Kier molecular flexibility index (Phi) is 4.61. The second-order valence-electron chi connectivity index (χ2n) is 8.32. The van der Waals surface area contributed by atoms with E-state index < -0.39 is 0 Å². The number of pyridine rings is 1. The van der Waals surface area contributed by atoms with Gasteiger partial charge in [0, 0.05) is 49.5 Å². The number of fused-ring (bicyclic) bond motifs is 2. The number of rotatable bonds is 3. The maximum atomic E-state index is 12.8. The van der Waals surface area contributed by atoms with Crippen LogP contribution in [0.1, 0.15) is 24.2 Å². The van der Waals surface area contributed by atoms with Crippen molar-refractivity contribution in [2.24, 2.45) is 0 Å². The van der Waals surface area contributed by atoms with Gasteiger partial charge in [-0.1, -0.05) is 6.08 Å². The zero-order chi connectivity index (χ0) is 21.5. The summed E-state index contributed by atoms with van der Waals surface area (Å²) in [4.78, 5) is 30.9. The standard InChI is InChI=1S/C25H24N6O/c32-23-5-2-16(18-6-9-27-24-19(18)7-10-28-24)14-20(23)25-29-21-4-3-17(15-22(21)30-25)31-12-1-8-26-11-13-31/h2-4,6-7,9-10,14-15,26H,1,5,8,11-13H2,(H,27,28)(H,29,30). The summed E-state index contributed by atoms with van der Waals surface area (Å²) < 4.78 is 0. The Labute approximate surface area is 185 Å². The van der Waals surface area contributed by atoms with Crippen LogP contribution < -0.4 is 10.2 Å². The SMILES string of the molecule is O=C1CC=C(c2ccnc3[nH]ccc23)C=C1c1nc2ccc(N3CCCNCC3)cc2[nH]1. The quantitative estimate of drug-likeness (QED) is 0.467. The molecule has 2 aliphatic rings. The zero-order valence-electron chi connectivity index (χ0n) is 17.7. The number of anilines is 1. The van der Waals surface area contributed by atoms with Crippen molar-refractivity contribution in [1.82, 2.24) is 25.3 Å². The first-order valence-corrected chi connectivity index (χ1v) is 11.1. The van der Waals surface area contributed by atoms with Gasteiger partial charge in [0.25, 0.3) is 0 Å². The molecule has 0 radical (unpaired) electrons. The minimum absolute atomic E-state index is 0.0750. The number of imidazole rings is 1. The lowest BCUT2D eigenvalue weighted by Gasteiger charge is -2.22. The van der Waals surface area contributed by atoms with Crippen molar-refractivity contribution in [3.63, 3.8) is 0 Å². The largest absolute Gasteiger partial charge is 0.370 e. The van der Waals surface area contributed by atoms with Gasteiger partial charge in [-0.15, -0.1) is 0 Å². The van der Waals surface area contributed by atoms with Gasteiger partial charge < -0.3 is 20.2 Å². The molecule has 0 amide bonds. The van der Waals surface area contributed by atoms with E-state index in [2.05, 4.69) is 37.3 Å². The van der Waals surface area contributed by atoms with Crippen molar-refractivity contribution in [2.45, 2.75) is 12.8 Å². The third-order valence-corrected chi connectivity index (χ3v) is 6.30. The lowest BCUT2D eigenvalue weighted by Crippen LogP contribution is -2.27. The number of carbonyl (C=O) groups excluding carboxylic acids is 1. The maximum Gasteiger partial charge on any atom is 0.170 e. The molecular formula is C25H24N6O. The van der Waals surface area contributed by atoms with Crippen LogP contribution >= 0.6 is 0 Å². The van der Waals surface area contributed by atoms with Crippen LogP contribution in [-0.2, 0) is 4.79 Å².